The van der Waals surface area contributed by atoms with Gasteiger partial charge in [-0.15, -0.1) is 29.8 Å². The van der Waals surface area contributed by atoms with Crippen LogP contribution in [-0.2, 0) is 32.7 Å². The van der Waals surface area contributed by atoms with Gasteiger partial charge in [-0.25, -0.2) is 0 Å². The molecular formula is C29H21F3IrN3. The van der Waals surface area contributed by atoms with Crippen molar-refractivity contribution in [2.75, 3.05) is 6.54 Å². The number of hydrogen-bond acceptors (Lipinski definition) is 2. The van der Waals surface area contributed by atoms with Crippen LogP contribution < -0.4 is 0 Å². The molecule has 7 heteroatoms. The summed E-state index contributed by atoms with van der Waals surface area (Å²) in [5.74, 6) is 0. The number of nitrogens with zero attached hydrogens (tertiary/aromatic N) is 3. The van der Waals surface area contributed by atoms with Gasteiger partial charge < -0.3 is 15.2 Å². The molecule has 1 aromatic heterocycles. The molecule has 4 aromatic rings. The van der Waals surface area contributed by atoms with E-state index in [1.807, 2.05) is 48.7 Å². The molecule has 2 aliphatic heterocycles. The second-order valence-corrected chi connectivity index (χ2v) is 8.20. The van der Waals surface area contributed by atoms with E-state index in [1.165, 1.54) is 17.2 Å². The third-order valence-corrected chi connectivity index (χ3v) is 5.96. The van der Waals surface area contributed by atoms with Crippen molar-refractivity contribution in [3.05, 3.63) is 132 Å². The normalized spacial score (nSPS) is 15.5. The van der Waals surface area contributed by atoms with Crippen LogP contribution in [-0.4, -0.2) is 16.4 Å². The molecule has 0 saturated heterocycles. The van der Waals surface area contributed by atoms with Crippen molar-refractivity contribution < 1.29 is 33.3 Å². The zero-order valence-corrected chi connectivity index (χ0v) is 21.4. The van der Waals surface area contributed by atoms with Gasteiger partial charge in [-0.1, -0.05) is 48.9 Å². The summed E-state index contributed by atoms with van der Waals surface area (Å²) in [6.45, 7) is 1.08. The Labute approximate surface area is 222 Å². The van der Waals surface area contributed by atoms with Gasteiger partial charge in [0, 0.05) is 12.7 Å². The van der Waals surface area contributed by atoms with Crippen molar-refractivity contribution >= 4 is 0 Å². The maximum atomic E-state index is 12.5. The minimum atomic E-state index is -4.35. The summed E-state index contributed by atoms with van der Waals surface area (Å²) in [7, 11) is 0. The van der Waals surface area contributed by atoms with Crippen molar-refractivity contribution in [2.45, 2.75) is 18.8 Å². The molecule has 1 atom stereocenters. The third kappa shape index (κ3) is 5.69. The van der Waals surface area contributed by atoms with Gasteiger partial charge in [-0.2, -0.15) is 54.8 Å². The molecule has 3 heterocycles. The summed E-state index contributed by atoms with van der Waals surface area (Å²) in [5, 5.41) is 4.41. The standard InChI is InChI=1S/C18H11F3N.C11H10N2.Ir/c19-18(20,21)16-9-6-14(7-10-16)17-11-8-15(12-22-17)13-4-2-1-3-5-13;1-2-4-10-9(3-1)5-7-13-8-6-12-11(10)13;/h1-6,8-12H;1-3,6,8,11H,5,7H2;/q-1;-2;+3. The van der Waals surface area contributed by atoms with Gasteiger partial charge in [-0.05, 0) is 34.8 Å². The summed E-state index contributed by atoms with van der Waals surface area (Å²) >= 11 is 0. The van der Waals surface area contributed by atoms with Crippen LogP contribution in [0.2, 0.25) is 0 Å². The summed E-state index contributed by atoms with van der Waals surface area (Å²) in [6, 6.07) is 28.9. The number of hydrogen-bond donors (Lipinski definition) is 0. The molecule has 0 N–H and O–H groups in total. The zero-order valence-electron chi connectivity index (χ0n) is 19.0. The molecule has 1 unspecified atom stereocenters. The van der Waals surface area contributed by atoms with Crippen LogP contribution in [0, 0.1) is 12.1 Å². The number of pyridine rings is 1. The van der Waals surface area contributed by atoms with E-state index in [0.717, 1.165) is 36.2 Å². The van der Waals surface area contributed by atoms with Gasteiger partial charge in [0.05, 0.1) is 0 Å². The first-order chi connectivity index (χ1) is 17.0. The Morgan fingerprint density at radius 3 is 2.44 bits per heavy atom. The minimum absolute atomic E-state index is 0. The van der Waals surface area contributed by atoms with Gasteiger partial charge in [0.15, 0.2) is 0 Å². The molecule has 0 radical (unpaired) electrons. The number of fused-ring (bicyclic) bond motifs is 3. The van der Waals surface area contributed by atoms with Gasteiger partial charge in [0.2, 0.25) is 0 Å². The van der Waals surface area contributed by atoms with Crippen LogP contribution in [0.25, 0.3) is 27.7 Å². The van der Waals surface area contributed by atoms with Crippen LogP contribution in [0.5, 0.6) is 0 Å². The van der Waals surface area contributed by atoms with Crippen LogP contribution in [0.3, 0.4) is 0 Å². The molecule has 0 saturated carbocycles. The van der Waals surface area contributed by atoms with Crippen LogP contribution >= 0.6 is 0 Å². The number of alkyl halides is 3. The fraction of sp³-hybridized carbons (Fsp3) is 0.138. The van der Waals surface area contributed by atoms with Crippen molar-refractivity contribution in [1.82, 2.24) is 9.88 Å². The van der Waals surface area contributed by atoms with Crippen molar-refractivity contribution in [2.24, 2.45) is 0 Å². The molecule has 3 aromatic carbocycles. The first-order valence-corrected chi connectivity index (χ1v) is 11.2. The molecule has 6 rings (SSSR count). The third-order valence-electron chi connectivity index (χ3n) is 5.96. The Hall–Kier alpha value is -3.41. The second kappa shape index (κ2) is 11.1. The van der Waals surface area contributed by atoms with E-state index in [4.69, 9.17) is 0 Å². The summed E-state index contributed by atoms with van der Waals surface area (Å²) in [5.41, 5.74) is 5.06. The molecule has 0 amide bonds. The van der Waals surface area contributed by atoms with E-state index >= 15 is 0 Å². The first kappa shape index (κ1) is 25.7. The van der Waals surface area contributed by atoms with Gasteiger partial charge in [-0.3, -0.25) is 0 Å². The summed E-state index contributed by atoms with van der Waals surface area (Å²) < 4.78 is 37.6. The van der Waals surface area contributed by atoms with Crippen molar-refractivity contribution in [3.8, 4) is 22.4 Å². The number of benzene rings is 3. The minimum Gasteiger partial charge on any atom is -0.668 e. The fourth-order valence-electron chi connectivity index (χ4n) is 4.12. The van der Waals surface area contributed by atoms with E-state index in [2.05, 4.69) is 45.7 Å². The van der Waals surface area contributed by atoms with Crippen molar-refractivity contribution in [1.29, 1.82) is 0 Å². The SMILES string of the molecule is FC(F)(F)c1c[c-]c(-c2ccc(-c3ccccc3)cn2)cc1.[Ir+3].[c-]1cccc2c1C1[N-]C=CN1CC2. The Kier molecular flexibility index (Phi) is 7.92. The maximum absolute atomic E-state index is 12.5. The molecule has 182 valence electrons. The van der Waals surface area contributed by atoms with Gasteiger partial charge >= 0.3 is 26.3 Å². The fourth-order valence-corrected chi connectivity index (χ4v) is 4.12. The Morgan fingerprint density at radius 1 is 0.917 bits per heavy atom. The molecule has 0 fully saturated rings. The molecule has 3 nitrogen and oxygen atoms in total. The Balaban J connectivity index is 0.000000185. The monoisotopic (exact) mass is 661 g/mol. The van der Waals surface area contributed by atoms with Crippen molar-refractivity contribution in [3.63, 3.8) is 0 Å². The van der Waals surface area contributed by atoms with E-state index in [-0.39, 0.29) is 26.3 Å². The van der Waals surface area contributed by atoms with E-state index < -0.39 is 11.7 Å². The van der Waals surface area contributed by atoms with Gasteiger partial charge in [0.25, 0.3) is 0 Å². The smallest absolute Gasteiger partial charge is 0.668 e. The van der Waals surface area contributed by atoms with Crippen LogP contribution in [0.15, 0.2) is 97.5 Å². The first-order valence-electron chi connectivity index (χ1n) is 11.2. The maximum Gasteiger partial charge on any atom is 3.00 e. The zero-order chi connectivity index (χ0) is 24.3. The molecule has 0 aliphatic carbocycles. The van der Waals surface area contributed by atoms with E-state index in [0.29, 0.717) is 11.3 Å². The Morgan fingerprint density at radius 2 is 1.75 bits per heavy atom. The average molecular weight is 661 g/mol. The van der Waals surface area contributed by atoms with E-state index in [9.17, 15) is 13.2 Å². The molecular weight excluding hydrogens is 640 g/mol. The topological polar surface area (TPSA) is 30.2 Å². The predicted octanol–water partition coefficient (Wildman–Crippen LogP) is 7.43. The van der Waals surface area contributed by atoms with Crippen LogP contribution in [0.4, 0.5) is 13.2 Å². The predicted molar refractivity (Wildman–Crippen MR) is 130 cm³/mol. The van der Waals surface area contributed by atoms with Gasteiger partial charge in [0.1, 0.15) is 0 Å². The number of halogens is 3. The number of aromatic nitrogens is 1. The average Bonchev–Trinajstić information content (AvgIpc) is 3.39. The Bertz CT molecular complexity index is 1300. The van der Waals surface area contributed by atoms with Crippen LogP contribution in [0.1, 0.15) is 22.9 Å². The summed E-state index contributed by atoms with van der Waals surface area (Å²) in [6.07, 6.45) is 2.64. The van der Waals surface area contributed by atoms with E-state index in [1.54, 1.807) is 12.3 Å². The largest absolute Gasteiger partial charge is 3.00 e. The quantitative estimate of drug-likeness (QED) is 0.210. The molecule has 0 bridgehead atoms. The summed E-state index contributed by atoms with van der Waals surface area (Å²) in [4.78, 5) is 6.57. The molecule has 0 spiro atoms. The molecule has 36 heavy (non-hydrogen) atoms. The number of rotatable bonds is 2. The molecule has 2 aliphatic rings. The second-order valence-electron chi connectivity index (χ2n) is 8.20.